The van der Waals surface area contributed by atoms with Crippen LogP contribution in [-0.2, 0) is 22.4 Å². The van der Waals surface area contributed by atoms with Crippen molar-refractivity contribution in [2.75, 3.05) is 6.54 Å². The molecule has 0 aliphatic heterocycles. The molecular formula is C26H34N2O2. The van der Waals surface area contributed by atoms with Crippen molar-refractivity contribution in [3.63, 3.8) is 0 Å². The minimum Gasteiger partial charge on any atom is -0.355 e. The molecule has 0 saturated heterocycles. The van der Waals surface area contributed by atoms with E-state index in [-0.39, 0.29) is 28.7 Å². The van der Waals surface area contributed by atoms with E-state index >= 15 is 0 Å². The molecule has 2 unspecified atom stereocenters. The van der Waals surface area contributed by atoms with Crippen LogP contribution in [0, 0.1) is 10.8 Å². The van der Waals surface area contributed by atoms with Crippen LogP contribution in [0.5, 0.6) is 0 Å². The molecule has 0 radical (unpaired) electrons. The normalized spacial score (nSPS) is 22.8. The van der Waals surface area contributed by atoms with Gasteiger partial charge in [0.2, 0.25) is 11.8 Å². The van der Waals surface area contributed by atoms with Gasteiger partial charge in [-0.2, -0.15) is 0 Å². The van der Waals surface area contributed by atoms with Gasteiger partial charge in [0.25, 0.3) is 0 Å². The SMILES string of the molecule is CC1(C)CC(NC(=O)Cc2ccccc2)CC(C)(CNC(=O)Cc2ccccc2)C1. The van der Waals surface area contributed by atoms with Gasteiger partial charge in [0.15, 0.2) is 0 Å². The van der Waals surface area contributed by atoms with Gasteiger partial charge < -0.3 is 10.6 Å². The van der Waals surface area contributed by atoms with E-state index in [1.807, 2.05) is 60.7 Å². The van der Waals surface area contributed by atoms with Crippen LogP contribution < -0.4 is 10.6 Å². The van der Waals surface area contributed by atoms with Crippen molar-refractivity contribution < 1.29 is 9.59 Å². The summed E-state index contributed by atoms with van der Waals surface area (Å²) in [6.45, 7) is 7.37. The van der Waals surface area contributed by atoms with Crippen molar-refractivity contribution in [3.05, 3.63) is 71.8 Å². The lowest BCUT2D eigenvalue weighted by Crippen LogP contribution is -2.50. The molecule has 1 aliphatic carbocycles. The van der Waals surface area contributed by atoms with Gasteiger partial charge >= 0.3 is 0 Å². The minimum absolute atomic E-state index is 0.0429. The Kier molecular flexibility index (Phi) is 6.96. The summed E-state index contributed by atoms with van der Waals surface area (Å²) >= 11 is 0. The molecule has 2 atom stereocenters. The molecule has 4 nitrogen and oxygen atoms in total. The molecule has 3 rings (SSSR count). The van der Waals surface area contributed by atoms with E-state index in [0.717, 1.165) is 30.4 Å². The van der Waals surface area contributed by atoms with Crippen molar-refractivity contribution in [1.82, 2.24) is 10.6 Å². The Labute approximate surface area is 180 Å². The highest BCUT2D eigenvalue weighted by Crippen LogP contribution is 2.45. The van der Waals surface area contributed by atoms with Gasteiger partial charge in [0.1, 0.15) is 0 Å². The molecule has 0 bridgehead atoms. The standard InChI is InChI=1S/C26H34N2O2/c1-25(2)16-22(28-24(30)15-21-12-8-5-9-13-21)17-26(3,18-25)19-27-23(29)14-20-10-6-4-7-11-20/h4-13,22H,14-19H2,1-3H3,(H,27,29)(H,28,30). The summed E-state index contributed by atoms with van der Waals surface area (Å²) in [7, 11) is 0. The second kappa shape index (κ2) is 9.46. The monoisotopic (exact) mass is 406 g/mol. The molecule has 2 amide bonds. The predicted octanol–water partition coefficient (Wildman–Crippen LogP) is 4.29. The summed E-state index contributed by atoms with van der Waals surface area (Å²) in [6.07, 6.45) is 3.67. The number of hydrogen-bond acceptors (Lipinski definition) is 2. The molecule has 2 N–H and O–H groups in total. The van der Waals surface area contributed by atoms with Crippen LogP contribution in [0.1, 0.15) is 51.2 Å². The molecule has 2 aromatic carbocycles. The molecule has 0 heterocycles. The molecule has 160 valence electrons. The molecule has 0 aromatic heterocycles. The summed E-state index contributed by atoms with van der Waals surface area (Å²) < 4.78 is 0. The Bertz CT molecular complexity index is 848. The number of carbonyl (C=O) groups excluding carboxylic acids is 2. The maximum Gasteiger partial charge on any atom is 0.224 e. The fourth-order valence-electron chi connectivity index (χ4n) is 5.09. The number of nitrogens with one attached hydrogen (secondary N) is 2. The van der Waals surface area contributed by atoms with E-state index in [2.05, 4.69) is 31.4 Å². The van der Waals surface area contributed by atoms with E-state index in [4.69, 9.17) is 0 Å². The van der Waals surface area contributed by atoms with Gasteiger partial charge in [-0.05, 0) is 41.2 Å². The van der Waals surface area contributed by atoms with Crippen LogP contribution in [0.4, 0.5) is 0 Å². The highest BCUT2D eigenvalue weighted by atomic mass is 16.2. The summed E-state index contributed by atoms with van der Waals surface area (Å²) in [6, 6.07) is 19.8. The Morgan fingerprint density at radius 1 is 0.833 bits per heavy atom. The van der Waals surface area contributed by atoms with E-state index in [9.17, 15) is 9.59 Å². The Balaban J connectivity index is 1.56. The van der Waals surface area contributed by atoms with E-state index in [0.29, 0.717) is 19.4 Å². The van der Waals surface area contributed by atoms with Gasteiger partial charge in [-0.15, -0.1) is 0 Å². The average molecular weight is 407 g/mol. The first-order valence-corrected chi connectivity index (χ1v) is 10.9. The van der Waals surface area contributed by atoms with Crippen LogP contribution in [-0.4, -0.2) is 24.4 Å². The van der Waals surface area contributed by atoms with Crippen LogP contribution >= 0.6 is 0 Å². The molecule has 1 saturated carbocycles. The Morgan fingerprint density at radius 3 is 1.93 bits per heavy atom. The van der Waals surface area contributed by atoms with Gasteiger partial charge in [-0.1, -0.05) is 81.4 Å². The quantitative estimate of drug-likeness (QED) is 0.721. The molecule has 1 fully saturated rings. The lowest BCUT2D eigenvalue weighted by Gasteiger charge is -2.47. The number of benzene rings is 2. The minimum atomic E-state index is -0.0429. The lowest BCUT2D eigenvalue weighted by atomic mass is 9.62. The Hall–Kier alpha value is -2.62. The second-order valence-electron chi connectivity index (χ2n) is 9.93. The van der Waals surface area contributed by atoms with E-state index < -0.39 is 0 Å². The third kappa shape index (κ3) is 6.72. The van der Waals surface area contributed by atoms with Crippen molar-refractivity contribution in [1.29, 1.82) is 0 Å². The van der Waals surface area contributed by atoms with E-state index in [1.165, 1.54) is 0 Å². The number of rotatable bonds is 7. The van der Waals surface area contributed by atoms with Crippen LogP contribution in [0.3, 0.4) is 0 Å². The zero-order valence-electron chi connectivity index (χ0n) is 18.4. The zero-order valence-corrected chi connectivity index (χ0v) is 18.4. The summed E-state index contributed by atoms with van der Waals surface area (Å²) in [4.78, 5) is 25.0. The first-order chi connectivity index (χ1) is 14.2. The van der Waals surface area contributed by atoms with Gasteiger partial charge in [-0.3, -0.25) is 9.59 Å². The third-order valence-electron chi connectivity index (χ3n) is 5.94. The largest absolute Gasteiger partial charge is 0.355 e. The van der Waals surface area contributed by atoms with E-state index in [1.54, 1.807) is 0 Å². The Morgan fingerprint density at radius 2 is 1.37 bits per heavy atom. The summed E-state index contributed by atoms with van der Waals surface area (Å²) in [5, 5.41) is 6.40. The topological polar surface area (TPSA) is 58.2 Å². The van der Waals surface area contributed by atoms with Crippen molar-refractivity contribution in [2.24, 2.45) is 10.8 Å². The molecule has 4 heteroatoms. The number of amides is 2. The maximum absolute atomic E-state index is 12.6. The molecule has 1 aliphatic rings. The highest BCUT2D eigenvalue weighted by molar-refractivity contribution is 5.79. The van der Waals surface area contributed by atoms with Gasteiger partial charge in [0.05, 0.1) is 12.8 Å². The van der Waals surface area contributed by atoms with Gasteiger partial charge in [0, 0.05) is 12.6 Å². The van der Waals surface area contributed by atoms with Gasteiger partial charge in [-0.25, -0.2) is 0 Å². The number of carbonyl (C=O) groups is 2. The third-order valence-corrected chi connectivity index (χ3v) is 5.94. The maximum atomic E-state index is 12.6. The van der Waals surface area contributed by atoms with Crippen molar-refractivity contribution in [3.8, 4) is 0 Å². The van der Waals surface area contributed by atoms with Crippen molar-refractivity contribution in [2.45, 2.75) is 58.9 Å². The lowest BCUT2D eigenvalue weighted by molar-refractivity contribution is -0.123. The first kappa shape index (κ1) is 22.1. The molecular weight excluding hydrogens is 372 g/mol. The summed E-state index contributed by atoms with van der Waals surface area (Å²) in [5.74, 6) is 0.120. The molecule has 0 spiro atoms. The fraction of sp³-hybridized carbons (Fsp3) is 0.462. The second-order valence-corrected chi connectivity index (χ2v) is 9.93. The van der Waals surface area contributed by atoms with Crippen molar-refractivity contribution >= 4 is 11.8 Å². The predicted molar refractivity (Wildman–Crippen MR) is 121 cm³/mol. The average Bonchev–Trinajstić information content (AvgIpc) is 2.66. The fourth-order valence-corrected chi connectivity index (χ4v) is 5.09. The molecule has 30 heavy (non-hydrogen) atoms. The summed E-state index contributed by atoms with van der Waals surface area (Å²) in [5.41, 5.74) is 2.12. The van der Waals surface area contributed by atoms with Crippen LogP contribution in [0.2, 0.25) is 0 Å². The zero-order chi connectivity index (χ0) is 21.6. The van der Waals surface area contributed by atoms with Crippen LogP contribution in [0.15, 0.2) is 60.7 Å². The van der Waals surface area contributed by atoms with Crippen LogP contribution in [0.25, 0.3) is 0 Å². The molecule has 2 aromatic rings. The first-order valence-electron chi connectivity index (χ1n) is 10.9. The number of hydrogen-bond donors (Lipinski definition) is 2. The highest BCUT2D eigenvalue weighted by Gasteiger charge is 2.41. The smallest absolute Gasteiger partial charge is 0.224 e.